The van der Waals surface area contributed by atoms with Gasteiger partial charge < -0.3 is 19.6 Å². The van der Waals surface area contributed by atoms with Crippen LogP contribution in [0.3, 0.4) is 0 Å². The van der Waals surface area contributed by atoms with E-state index in [9.17, 15) is 4.79 Å². The van der Waals surface area contributed by atoms with Gasteiger partial charge in [-0.3, -0.25) is 0 Å². The second-order valence-corrected chi connectivity index (χ2v) is 5.59. The predicted octanol–water partition coefficient (Wildman–Crippen LogP) is 3.79. The predicted molar refractivity (Wildman–Crippen MR) is 96.9 cm³/mol. The lowest BCUT2D eigenvalue weighted by Crippen LogP contribution is -2.08. The number of furan rings is 1. The molecular formula is C20H21NO4. The van der Waals surface area contributed by atoms with E-state index < -0.39 is 5.97 Å². The standard InChI is InChI=1S/C20H21NO4/c1-3-24-20(22)18-17-14(9-10-21)11-15(23-2)12-16(17)25-19(18)13-7-5-4-6-8-13/h4-8,11-12H,3,9-10,21H2,1-2H3. The summed E-state index contributed by atoms with van der Waals surface area (Å²) in [6.07, 6.45) is 0.605. The van der Waals surface area contributed by atoms with Crippen molar-refractivity contribution in [1.29, 1.82) is 0 Å². The molecule has 0 spiro atoms. The summed E-state index contributed by atoms with van der Waals surface area (Å²) in [6, 6.07) is 13.2. The highest BCUT2D eigenvalue weighted by atomic mass is 16.5. The van der Waals surface area contributed by atoms with Crippen molar-refractivity contribution in [2.45, 2.75) is 13.3 Å². The topological polar surface area (TPSA) is 74.7 Å². The monoisotopic (exact) mass is 339 g/mol. The molecule has 3 aromatic rings. The number of carbonyl (C=O) groups is 1. The maximum absolute atomic E-state index is 12.7. The highest BCUT2D eigenvalue weighted by Gasteiger charge is 2.25. The summed E-state index contributed by atoms with van der Waals surface area (Å²) >= 11 is 0. The number of rotatable bonds is 6. The van der Waals surface area contributed by atoms with Gasteiger partial charge in [0.2, 0.25) is 0 Å². The fraction of sp³-hybridized carbons (Fsp3) is 0.250. The normalized spacial score (nSPS) is 10.8. The van der Waals surface area contributed by atoms with Crippen LogP contribution in [0.25, 0.3) is 22.3 Å². The third-order valence-corrected chi connectivity index (χ3v) is 4.01. The van der Waals surface area contributed by atoms with Gasteiger partial charge in [-0.15, -0.1) is 0 Å². The van der Waals surface area contributed by atoms with Gasteiger partial charge in [0.1, 0.15) is 22.7 Å². The van der Waals surface area contributed by atoms with Crippen LogP contribution in [0.4, 0.5) is 0 Å². The molecule has 0 aliphatic carbocycles. The minimum Gasteiger partial charge on any atom is -0.497 e. The summed E-state index contributed by atoms with van der Waals surface area (Å²) < 4.78 is 16.7. The Morgan fingerprint density at radius 2 is 1.96 bits per heavy atom. The molecule has 0 atom stereocenters. The molecule has 130 valence electrons. The molecule has 0 fully saturated rings. The summed E-state index contributed by atoms with van der Waals surface area (Å²) in [5.74, 6) is 0.767. The van der Waals surface area contributed by atoms with Crippen LogP contribution in [0.5, 0.6) is 5.75 Å². The van der Waals surface area contributed by atoms with E-state index in [0.717, 1.165) is 16.5 Å². The van der Waals surface area contributed by atoms with E-state index >= 15 is 0 Å². The first-order chi connectivity index (χ1) is 12.2. The zero-order valence-corrected chi connectivity index (χ0v) is 14.4. The number of esters is 1. The minimum absolute atomic E-state index is 0.294. The quantitative estimate of drug-likeness (QED) is 0.692. The second kappa shape index (κ2) is 7.40. The highest BCUT2D eigenvalue weighted by molar-refractivity contribution is 6.10. The molecule has 0 unspecified atom stereocenters. The Morgan fingerprint density at radius 3 is 2.60 bits per heavy atom. The van der Waals surface area contributed by atoms with Gasteiger partial charge in [0.05, 0.1) is 13.7 Å². The van der Waals surface area contributed by atoms with E-state index in [1.807, 2.05) is 36.4 Å². The maximum Gasteiger partial charge on any atom is 0.342 e. The Bertz CT molecular complexity index is 884. The van der Waals surface area contributed by atoms with Crippen LogP contribution in [0, 0.1) is 0 Å². The van der Waals surface area contributed by atoms with Gasteiger partial charge in [0.15, 0.2) is 0 Å². The molecule has 25 heavy (non-hydrogen) atoms. The SMILES string of the molecule is CCOC(=O)c1c(-c2ccccc2)oc2cc(OC)cc(CCN)c12. The van der Waals surface area contributed by atoms with Gasteiger partial charge >= 0.3 is 5.97 Å². The number of nitrogens with two attached hydrogens (primary N) is 1. The molecule has 0 bridgehead atoms. The van der Waals surface area contributed by atoms with Gasteiger partial charge in [-0.25, -0.2) is 4.79 Å². The summed E-state index contributed by atoms with van der Waals surface area (Å²) in [4.78, 5) is 12.7. The lowest BCUT2D eigenvalue weighted by atomic mass is 9.99. The molecule has 2 N–H and O–H groups in total. The second-order valence-electron chi connectivity index (χ2n) is 5.59. The summed E-state index contributed by atoms with van der Waals surface area (Å²) in [6.45, 7) is 2.53. The number of benzene rings is 2. The van der Waals surface area contributed by atoms with Crippen molar-refractivity contribution in [3.05, 3.63) is 53.6 Å². The number of hydrogen-bond acceptors (Lipinski definition) is 5. The van der Waals surface area contributed by atoms with Gasteiger partial charge in [-0.1, -0.05) is 30.3 Å². The number of ether oxygens (including phenoxy) is 2. The molecular weight excluding hydrogens is 318 g/mol. The smallest absolute Gasteiger partial charge is 0.342 e. The summed E-state index contributed by atoms with van der Waals surface area (Å²) in [5, 5.41) is 0.739. The van der Waals surface area contributed by atoms with Crippen LogP contribution >= 0.6 is 0 Å². The molecule has 5 nitrogen and oxygen atoms in total. The Hall–Kier alpha value is -2.79. The first-order valence-electron chi connectivity index (χ1n) is 8.25. The molecule has 1 aromatic heterocycles. The lowest BCUT2D eigenvalue weighted by molar-refractivity contribution is 0.0528. The molecule has 0 saturated carbocycles. The van der Waals surface area contributed by atoms with Gasteiger partial charge in [0, 0.05) is 17.0 Å². The molecule has 2 aromatic carbocycles. The molecule has 3 rings (SSSR count). The van der Waals surface area contributed by atoms with E-state index in [4.69, 9.17) is 19.6 Å². The van der Waals surface area contributed by atoms with Crippen molar-refractivity contribution in [1.82, 2.24) is 0 Å². The zero-order chi connectivity index (χ0) is 17.8. The first-order valence-corrected chi connectivity index (χ1v) is 8.25. The van der Waals surface area contributed by atoms with Gasteiger partial charge in [-0.2, -0.15) is 0 Å². The molecule has 0 saturated heterocycles. The van der Waals surface area contributed by atoms with E-state index in [1.54, 1.807) is 20.1 Å². The van der Waals surface area contributed by atoms with Crippen LogP contribution < -0.4 is 10.5 Å². The zero-order valence-electron chi connectivity index (χ0n) is 14.4. The van der Waals surface area contributed by atoms with Gasteiger partial charge in [-0.05, 0) is 31.5 Å². The summed E-state index contributed by atoms with van der Waals surface area (Å²) in [7, 11) is 1.60. The fourth-order valence-corrected chi connectivity index (χ4v) is 2.95. The van der Waals surface area contributed by atoms with Crippen LogP contribution in [0.15, 0.2) is 46.9 Å². The van der Waals surface area contributed by atoms with Crippen molar-refractivity contribution in [2.24, 2.45) is 5.73 Å². The van der Waals surface area contributed by atoms with Crippen molar-refractivity contribution < 1.29 is 18.7 Å². The Labute approximate surface area is 146 Å². The van der Waals surface area contributed by atoms with E-state index in [-0.39, 0.29) is 0 Å². The third-order valence-electron chi connectivity index (χ3n) is 4.01. The molecule has 0 radical (unpaired) electrons. The van der Waals surface area contributed by atoms with Crippen molar-refractivity contribution >= 4 is 16.9 Å². The third kappa shape index (κ3) is 3.23. The highest BCUT2D eigenvalue weighted by Crippen LogP contribution is 2.38. The van der Waals surface area contributed by atoms with Gasteiger partial charge in [0.25, 0.3) is 0 Å². The maximum atomic E-state index is 12.7. The average Bonchev–Trinajstić information content (AvgIpc) is 3.02. The Morgan fingerprint density at radius 1 is 1.20 bits per heavy atom. The van der Waals surface area contributed by atoms with Crippen molar-refractivity contribution in [3.63, 3.8) is 0 Å². The number of hydrogen-bond donors (Lipinski definition) is 1. The molecule has 0 amide bonds. The molecule has 5 heteroatoms. The van der Waals surface area contributed by atoms with E-state index in [1.165, 1.54) is 0 Å². The summed E-state index contributed by atoms with van der Waals surface area (Å²) in [5.41, 5.74) is 8.51. The number of carbonyl (C=O) groups excluding carboxylic acids is 1. The lowest BCUT2D eigenvalue weighted by Gasteiger charge is -2.07. The number of methoxy groups -OCH3 is 1. The van der Waals surface area contributed by atoms with Crippen LogP contribution in [-0.4, -0.2) is 26.2 Å². The van der Waals surface area contributed by atoms with E-state index in [0.29, 0.717) is 42.2 Å². The molecule has 1 heterocycles. The van der Waals surface area contributed by atoms with Crippen molar-refractivity contribution in [3.8, 4) is 17.1 Å². The van der Waals surface area contributed by atoms with E-state index in [2.05, 4.69) is 0 Å². The Kier molecular flexibility index (Phi) is 5.05. The Balaban J connectivity index is 2.33. The largest absolute Gasteiger partial charge is 0.497 e. The molecule has 0 aliphatic heterocycles. The average molecular weight is 339 g/mol. The first kappa shape index (κ1) is 17.0. The van der Waals surface area contributed by atoms with Crippen LogP contribution in [0.1, 0.15) is 22.8 Å². The number of fused-ring (bicyclic) bond motifs is 1. The fourth-order valence-electron chi connectivity index (χ4n) is 2.95. The van der Waals surface area contributed by atoms with Crippen molar-refractivity contribution in [2.75, 3.05) is 20.3 Å². The van der Waals surface area contributed by atoms with Crippen LogP contribution in [0.2, 0.25) is 0 Å². The minimum atomic E-state index is -0.399. The van der Waals surface area contributed by atoms with Crippen LogP contribution in [-0.2, 0) is 11.2 Å². The molecule has 0 aliphatic rings.